The Morgan fingerprint density at radius 3 is 1.91 bits per heavy atom. The fourth-order valence-corrected chi connectivity index (χ4v) is 3.15. The number of hydrogen-bond acceptors (Lipinski definition) is 3. The number of carbonyl (C=O) groups excluding carboxylic acids is 1. The zero-order valence-corrected chi connectivity index (χ0v) is 19.3. The minimum Gasteiger partial charge on any atom is -0.444 e. The third-order valence-electron chi connectivity index (χ3n) is 4.71. The van der Waals surface area contributed by atoms with Gasteiger partial charge in [0.25, 0.3) is 0 Å². The second-order valence-corrected chi connectivity index (χ2v) is 8.90. The van der Waals surface area contributed by atoms with Crippen molar-refractivity contribution < 1.29 is 40.6 Å². The van der Waals surface area contributed by atoms with Gasteiger partial charge in [0.15, 0.2) is 0 Å². The summed E-state index contributed by atoms with van der Waals surface area (Å²) in [6.07, 6.45) is -10.4. The van der Waals surface area contributed by atoms with Gasteiger partial charge in [-0.05, 0) is 50.1 Å². The molecule has 1 amide bonds. The van der Waals surface area contributed by atoms with Crippen molar-refractivity contribution in [3.05, 3.63) is 70.8 Å². The van der Waals surface area contributed by atoms with Gasteiger partial charge in [0, 0.05) is 19.5 Å². The van der Waals surface area contributed by atoms with Crippen molar-refractivity contribution in [2.45, 2.75) is 51.2 Å². The van der Waals surface area contributed by atoms with Crippen LogP contribution in [0.1, 0.15) is 48.9 Å². The Hall–Kier alpha value is -2.75. The lowest BCUT2D eigenvalue weighted by Gasteiger charge is -2.28. The van der Waals surface area contributed by atoms with Gasteiger partial charge in [-0.25, -0.2) is 4.79 Å². The summed E-state index contributed by atoms with van der Waals surface area (Å²) in [5, 5.41) is 0. The second kappa shape index (κ2) is 10.7. The highest BCUT2D eigenvalue weighted by Gasteiger charge is 2.37. The van der Waals surface area contributed by atoms with E-state index in [0.29, 0.717) is 12.1 Å². The molecule has 2 aromatic carbocycles. The number of benzene rings is 2. The molecule has 0 heterocycles. The van der Waals surface area contributed by atoms with Gasteiger partial charge in [-0.2, -0.15) is 26.3 Å². The van der Waals surface area contributed by atoms with Crippen molar-refractivity contribution in [2.75, 3.05) is 20.2 Å². The average molecular weight is 491 g/mol. The number of likely N-dealkylation sites (N-methyl/N-ethyl adjacent to an activating group) is 1. The molecule has 10 heteroatoms. The first-order valence-corrected chi connectivity index (χ1v) is 10.4. The van der Waals surface area contributed by atoms with Crippen LogP contribution in [0.2, 0.25) is 0 Å². The smallest absolute Gasteiger partial charge is 0.416 e. The molecule has 1 unspecified atom stereocenters. The van der Waals surface area contributed by atoms with Crippen molar-refractivity contribution in [3.8, 4) is 0 Å². The third-order valence-corrected chi connectivity index (χ3v) is 4.71. The zero-order valence-electron chi connectivity index (χ0n) is 19.3. The molecule has 4 nitrogen and oxygen atoms in total. The lowest BCUT2D eigenvalue weighted by molar-refractivity contribution is -0.143. The maximum atomic E-state index is 13.1. The number of carbonyl (C=O) groups is 1. The standard InChI is InChI=1S/C24H27F6NO3/c1-22(2,3)34-21(32)31(4)13-18(17-8-6-5-7-9-17)15-33-14-16-10-19(23(25,26)27)12-20(11-16)24(28,29)30/h5-12,18H,13-15H2,1-4H3. The molecule has 0 aromatic heterocycles. The Balaban J connectivity index is 2.17. The molecule has 0 saturated heterocycles. The Bertz CT molecular complexity index is 920. The summed E-state index contributed by atoms with van der Waals surface area (Å²) in [5.74, 6) is -0.397. The quantitative estimate of drug-likeness (QED) is 0.396. The predicted molar refractivity (Wildman–Crippen MR) is 114 cm³/mol. The van der Waals surface area contributed by atoms with Crippen LogP contribution in [-0.2, 0) is 28.4 Å². The van der Waals surface area contributed by atoms with Crippen molar-refractivity contribution in [1.29, 1.82) is 0 Å². The number of nitrogens with zero attached hydrogens (tertiary/aromatic N) is 1. The largest absolute Gasteiger partial charge is 0.444 e. The van der Waals surface area contributed by atoms with Gasteiger partial charge in [-0.1, -0.05) is 30.3 Å². The van der Waals surface area contributed by atoms with E-state index in [1.807, 2.05) is 0 Å². The van der Waals surface area contributed by atoms with E-state index in [9.17, 15) is 31.1 Å². The first-order chi connectivity index (χ1) is 15.6. The topological polar surface area (TPSA) is 38.8 Å². The Morgan fingerprint density at radius 2 is 1.44 bits per heavy atom. The zero-order chi connectivity index (χ0) is 25.7. The number of halogens is 6. The number of rotatable bonds is 7. The van der Waals surface area contributed by atoms with E-state index in [-0.39, 0.29) is 24.8 Å². The summed E-state index contributed by atoms with van der Waals surface area (Å²) < 4.78 is 89.4. The van der Waals surface area contributed by atoms with Gasteiger partial charge in [0.05, 0.1) is 24.3 Å². The van der Waals surface area contributed by atoms with Crippen LogP contribution in [0.25, 0.3) is 0 Å². The summed E-state index contributed by atoms with van der Waals surface area (Å²) in [4.78, 5) is 13.7. The van der Waals surface area contributed by atoms with Gasteiger partial charge in [0.1, 0.15) is 5.60 Å². The molecular formula is C24H27F6NO3. The lowest BCUT2D eigenvalue weighted by atomic mass is 9.99. The van der Waals surface area contributed by atoms with Gasteiger partial charge >= 0.3 is 18.4 Å². The first-order valence-electron chi connectivity index (χ1n) is 10.4. The molecule has 0 aliphatic heterocycles. The van der Waals surface area contributed by atoms with E-state index in [2.05, 4.69) is 0 Å². The molecule has 0 aliphatic carbocycles. The summed E-state index contributed by atoms with van der Waals surface area (Å²) >= 11 is 0. The SMILES string of the molecule is CN(CC(COCc1cc(C(F)(F)F)cc(C(F)(F)F)c1)c1ccccc1)C(=O)OC(C)(C)C. The van der Waals surface area contributed by atoms with E-state index in [1.54, 1.807) is 51.1 Å². The monoisotopic (exact) mass is 491 g/mol. The van der Waals surface area contributed by atoms with Crippen molar-refractivity contribution in [2.24, 2.45) is 0 Å². The second-order valence-electron chi connectivity index (χ2n) is 8.90. The van der Waals surface area contributed by atoms with Crippen LogP contribution in [-0.4, -0.2) is 36.8 Å². The highest BCUT2D eigenvalue weighted by Crippen LogP contribution is 2.36. The van der Waals surface area contributed by atoms with E-state index in [4.69, 9.17) is 9.47 Å². The van der Waals surface area contributed by atoms with Crippen LogP contribution < -0.4 is 0 Å². The van der Waals surface area contributed by atoms with E-state index < -0.39 is 47.7 Å². The third kappa shape index (κ3) is 8.55. The van der Waals surface area contributed by atoms with Crippen LogP contribution in [0.4, 0.5) is 31.1 Å². The Morgan fingerprint density at radius 1 is 0.912 bits per heavy atom. The normalized spacial score (nSPS) is 13.5. The number of alkyl halides is 6. The molecule has 2 rings (SSSR count). The summed E-state index contributed by atoms with van der Waals surface area (Å²) in [7, 11) is 1.53. The molecular weight excluding hydrogens is 464 g/mol. The Labute approximate surface area is 194 Å². The maximum absolute atomic E-state index is 13.1. The highest BCUT2D eigenvalue weighted by atomic mass is 19.4. The molecule has 0 aliphatic rings. The molecule has 0 fully saturated rings. The van der Waals surface area contributed by atoms with Crippen LogP contribution in [0.15, 0.2) is 48.5 Å². The molecule has 34 heavy (non-hydrogen) atoms. The molecule has 0 saturated carbocycles. The number of hydrogen-bond donors (Lipinski definition) is 0. The maximum Gasteiger partial charge on any atom is 0.416 e. The lowest BCUT2D eigenvalue weighted by Crippen LogP contribution is -2.37. The van der Waals surface area contributed by atoms with Crippen molar-refractivity contribution in [3.63, 3.8) is 0 Å². The van der Waals surface area contributed by atoms with Gasteiger partial charge in [-0.15, -0.1) is 0 Å². The molecule has 2 aromatic rings. The molecule has 188 valence electrons. The molecule has 0 N–H and O–H groups in total. The summed E-state index contributed by atoms with van der Waals surface area (Å²) in [6.45, 7) is 4.82. The number of amides is 1. The first kappa shape index (κ1) is 27.5. The van der Waals surface area contributed by atoms with Crippen LogP contribution in [0.3, 0.4) is 0 Å². The van der Waals surface area contributed by atoms with Crippen LogP contribution >= 0.6 is 0 Å². The van der Waals surface area contributed by atoms with Crippen molar-refractivity contribution >= 4 is 6.09 Å². The molecule has 0 bridgehead atoms. The van der Waals surface area contributed by atoms with Crippen LogP contribution in [0, 0.1) is 0 Å². The number of ether oxygens (including phenoxy) is 2. The average Bonchev–Trinajstić information content (AvgIpc) is 2.71. The van der Waals surface area contributed by atoms with Gasteiger partial charge in [0.2, 0.25) is 0 Å². The van der Waals surface area contributed by atoms with E-state index in [1.165, 1.54) is 11.9 Å². The fraction of sp³-hybridized carbons (Fsp3) is 0.458. The fourth-order valence-electron chi connectivity index (χ4n) is 3.15. The summed E-state index contributed by atoms with van der Waals surface area (Å²) in [5.41, 5.74) is -2.97. The van der Waals surface area contributed by atoms with Crippen molar-refractivity contribution in [1.82, 2.24) is 4.90 Å². The predicted octanol–water partition coefficient (Wildman–Crippen LogP) is 6.89. The van der Waals surface area contributed by atoms with Gasteiger partial charge < -0.3 is 14.4 Å². The Kier molecular flexibility index (Phi) is 8.63. The van der Waals surface area contributed by atoms with Gasteiger partial charge in [-0.3, -0.25) is 0 Å². The molecule has 0 radical (unpaired) electrons. The molecule has 0 spiro atoms. The summed E-state index contributed by atoms with van der Waals surface area (Å²) in [6, 6.07) is 10.3. The minimum atomic E-state index is -4.93. The van der Waals surface area contributed by atoms with E-state index in [0.717, 1.165) is 5.56 Å². The minimum absolute atomic E-state index is 0.0469. The van der Waals surface area contributed by atoms with E-state index >= 15 is 0 Å². The molecule has 1 atom stereocenters. The van der Waals surface area contributed by atoms with Crippen LogP contribution in [0.5, 0.6) is 0 Å². The highest BCUT2D eigenvalue weighted by molar-refractivity contribution is 5.67.